The molecule has 166 valence electrons. The molecule has 0 bridgehead atoms. The summed E-state index contributed by atoms with van der Waals surface area (Å²) in [4.78, 5) is 0. The second kappa shape index (κ2) is 9.11. The lowest BCUT2D eigenvalue weighted by Crippen LogP contribution is -2.46. The fraction of sp³-hybridized carbons (Fsp3) is 0.556. The van der Waals surface area contributed by atoms with Gasteiger partial charge in [-0.1, -0.05) is 83.5 Å². The fourth-order valence-corrected chi connectivity index (χ4v) is 3.77. The maximum absolute atomic E-state index is 10.7. The minimum atomic E-state index is -0.527. The van der Waals surface area contributed by atoms with Crippen molar-refractivity contribution in [3.63, 3.8) is 0 Å². The molecule has 0 saturated carbocycles. The average Bonchev–Trinajstić information content (AvgIpc) is 2.59. The molecule has 1 atom stereocenters. The van der Waals surface area contributed by atoms with E-state index in [9.17, 15) is 5.11 Å². The zero-order chi connectivity index (χ0) is 22.7. The second-order valence-electron chi connectivity index (χ2n) is 11.4. The van der Waals surface area contributed by atoms with Gasteiger partial charge in [0, 0.05) is 5.56 Å². The molecular weight excluding hydrogens is 370 g/mol. The third kappa shape index (κ3) is 7.14. The molecule has 2 aromatic carbocycles. The normalized spacial score (nSPS) is 13.9. The number of likely N-dealkylation sites (N-methyl/N-ethyl adjacent to an activating group) is 1. The third-order valence-electron chi connectivity index (χ3n) is 5.52. The highest BCUT2D eigenvalue weighted by Crippen LogP contribution is 2.35. The first-order valence-corrected chi connectivity index (χ1v) is 11.0. The standard InChI is InChI=1S/C27H42NO2/c1-20-10-12-21(13-11-20)17-28(8,9)18-23(29)19-30-25-15-14-22(26(2,3)4)16-24(25)27(5,6)7/h10-16,23,29H,17-19H2,1-9H3/q+1/t23-/m0/s1. The summed E-state index contributed by atoms with van der Waals surface area (Å²) in [5.41, 5.74) is 5.11. The molecule has 0 radical (unpaired) electrons. The number of quaternary nitrogens is 1. The van der Waals surface area contributed by atoms with Crippen LogP contribution in [0.25, 0.3) is 0 Å². The van der Waals surface area contributed by atoms with Crippen molar-refractivity contribution < 1.29 is 14.3 Å². The highest BCUT2D eigenvalue weighted by molar-refractivity contribution is 5.43. The Bertz CT molecular complexity index is 823. The number of hydrogen-bond donors (Lipinski definition) is 1. The molecule has 3 nitrogen and oxygen atoms in total. The third-order valence-corrected chi connectivity index (χ3v) is 5.52. The van der Waals surface area contributed by atoms with E-state index in [0.29, 0.717) is 17.6 Å². The van der Waals surface area contributed by atoms with Crippen molar-refractivity contribution in [3.8, 4) is 5.75 Å². The van der Waals surface area contributed by atoms with Crippen molar-refractivity contribution in [2.24, 2.45) is 0 Å². The zero-order valence-corrected chi connectivity index (χ0v) is 20.5. The number of aryl methyl sites for hydroxylation is 1. The van der Waals surface area contributed by atoms with Crippen LogP contribution in [0.2, 0.25) is 0 Å². The molecule has 0 spiro atoms. The van der Waals surface area contributed by atoms with Crippen LogP contribution in [0.5, 0.6) is 5.75 Å². The predicted octanol–water partition coefficient (Wildman–Crippen LogP) is 5.61. The van der Waals surface area contributed by atoms with Gasteiger partial charge in [0.05, 0.1) is 14.1 Å². The number of benzene rings is 2. The number of aliphatic hydroxyl groups is 1. The van der Waals surface area contributed by atoms with E-state index in [0.717, 1.165) is 12.3 Å². The molecule has 0 heterocycles. The van der Waals surface area contributed by atoms with Crippen molar-refractivity contribution in [2.75, 3.05) is 27.2 Å². The topological polar surface area (TPSA) is 29.5 Å². The van der Waals surface area contributed by atoms with Gasteiger partial charge in [-0.3, -0.25) is 0 Å². The van der Waals surface area contributed by atoms with Crippen LogP contribution in [-0.2, 0) is 17.4 Å². The first-order chi connectivity index (χ1) is 13.7. The van der Waals surface area contributed by atoms with E-state index in [4.69, 9.17) is 4.74 Å². The Balaban J connectivity index is 2.06. The average molecular weight is 413 g/mol. The Hall–Kier alpha value is -1.84. The molecule has 2 aromatic rings. The Morgan fingerprint density at radius 3 is 2.03 bits per heavy atom. The van der Waals surface area contributed by atoms with E-state index in [1.165, 1.54) is 22.3 Å². The highest BCUT2D eigenvalue weighted by atomic mass is 16.5. The first-order valence-electron chi connectivity index (χ1n) is 11.0. The number of aliphatic hydroxyl groups excluding tert-OH is 1. The number of hydrogen-bond acceptors (Lipinski definition) is 2. The van der Waals surface area contributed by atoms with Gasteiger partial charge in [-0.25, -0.2) is 0 Å². The van der Waals surface area contributed by atoms with E-state index >= 15 is 0 Å². The maximum atomic E-state index is 10.7. The Kier molecular flexibility index (Phi) is 7.42. The lowest BCUT2D eigenvalue weighted by molar-refractivity contribution is -0.906. The minimum absolute atomic E-state index is 0.0255. The summed E-state index contributed by atoms with van der Waals surface area (Å²) in [7, 11) is 4.31. The fourth-order valence-electron chi connectivity index (χ4n) is 3.77. The summed E-state index contributed by atoms with van der Waals surface area (Å²) < 4.78 is 6.86. The largest absolute Gasteiger partial charge is 0.490 e. The molecule has 0 fully saturated rings. The molecule has 0 unspecified atom stereocenters. The molecule has 0 aliphatic heterocycles. The Morgan fingerprint density at radius 1 is 0.900 bits per heavy atom. The maximum Gasteiger partial charge on any atom is 0.137 e. The SMILES string of the molecule is Cc1ccc(C[N+](C)(C)C[C@H](O)COc2ccc(C(C)(C)C)cc2C(C)(C)C)cc1. The summed E-state index contributed by atoms with van der Waals surface area (Å²) in [6, 6.07) is 15.1. The van der Waals surface area contributed by atoms with E-state index in [2.05, 4.69) is 105 Å². The smallest absolute Gasteiger partial charge is 0.137 e. The van der Waals surface area contributed by atoms with Gasteiger partial charge in [0.2, 0.25) is 0 Å². The van der Waals surface area contributed by atoms with Gasteiger partial charge < -0.3 is 14.3 Å². The number of nitrogens with zero attached hydrogens (tertiary/aromatic N) is 1. The Morgan fingerprint density at radius 2 is 1.50 bits per heavy atom. The second-order valence-corrected chi connectivity index (χ2v) is 11.4. The van der Waals surface area contributed by atoms with Gasteiger partial charge in [-0.2, -0.15) is 0 Å². The molecule has 1 N–H and O–H groups in total. The lowest BCUT2D eigenvalue weighted by Gasteiger charge is -2.32. The highest BCUT2D eigenvalue weighted by Gasteiger charge is 2.25. The van der Waals surface area contributed by atoms with Crippen LogP contribution in [0.4, 0.5) is 0 Å². The number of rotatable bonds is 7. The summed E-state index contributed by atoms with van der Waals surface area (Å²) in [6.45, 7) is 17.2. The van der Waals surface area contributed by atoms with E-state index in [-0.39, 0.29) is 10.8 Å². The quantitative estimate of drug-likeness (QED) is 0.599. The van der Waals surface area contributed by atoms with Gasteiger partial charge >= 0.3 is 0 Å². The van der Waals surface area contributed by atoms with Crippen LogP contribution in [0.1, 0.15) is 63.8 Å². The monoisotopic (exact) mass is 412 g/mol. The van der Waals surface area contributed by atoms with Crippen molar-refractivity contribution in [1.29, 1.82) is 0 Å². The predicted molar refractivity (Wildman–Crippen MR) is 127 cm³/mol. The molecular formula is C27H42NO2+. The molecule has 0 aliphatic rings. The van der Waals surface area contributed by atoms with Gasteiger partial charge in [-0.15, -0.1) is 0 Å². The molecule has 0 amide bonds. The van der Waals surface area contributed by atoms with Gasteiger partial charge in [0.1, 0.15) is 31.5 Å². The summed E-state index contributed by atoms with van der Waals surface area (Å²) in [6.07, 6.45) is -0.527. The first kappa shape index (κ1) is 24.4. The van der Waals surface area contributed by atoms with Crippen molar-refractivity contribution >= 4 is 0 Å². The van der Waals surface area contributed by atoms with Gasteiger partial charge in [-0.05, 0) is 34.9 Å². The Labute approximate surface area is 184 Å². The van der Waals surface area contributed by atoms with Crippen molar-refractivity contribution in [3.05, 3.63) is 64.7 Å². The van der Waals surface area contributed by atoms with E-state index < -0.39 is 6.10 Å². The summed E-state index contributed by atoms with van der Waals surface area (Å²) >= 11 is 0. The lowest BCUT2D eigenvalue weighted by atomic mass is 9.80. The molecule has 3 heteroatoms. The zero-order valence-electron chi connectivity index (χ0n) is 20.5. The van der Waals surface area contributed by atoms with E-state index in [1.54, 1.807) is 0 Å². The van der Waals surface area contributed by atoms with Crippen LogP contribution in [0.15, 0.2) is 42.5 Å². The van der Waals surface area contributed by atoms with Crippen LogP contribution >= 0.6 is 0 Å². The molecule has 0 aromatic heterocycles. The number of ether oxygens (including phenoxy) is 1. The van der Waals surface area contributed by atoms with Crippen molar-refractivity contribution in [1.82, 2.24) is 0 Å². The molecule has 2 rings (SSSR count). The van der Waals surface area contributed by atoms with Crippen LogP contribution < -0.4 is 4.74 Å². The van der Waals surface area contributed by atoms with E-state index in [1.807, 2.05) is 0 Å². The van der Waals surface area contributed by atoms with Crippen LogP contribution in [0.3, 0.4) is 0 Å². The van der Waals surface area contributed by atoms with Gasteiger partial charge in [0.25, 0.3) is 0 Å². The minimum Gasteiger partial charge on any atom is -0.490 e. The summed E-state index contributed by atoms with van der Waals surface area (Å²) in [5.74, 6) is 0.874. The van der Waals surface area contributed by atoms with Crippen molar-refractivity contribution in [2.45, 2.75) is 71.9 Å². The van der Waals surface area contributed by atoms with Crippen LogP contribution in [0, 0.1) is 6.92 Å². The molecule has 0 aliphatic carbocycles. The molecule has 30 heavy (non-hydrogen) atoms. The molecule has 0 saturated heterocycles. The summed E-state index contributed by atoms with van der Waals surface area (Å²) in [5, 5.41) is 10.7. The van der Waals surface area contributed by atoms with Gasteiger partial charge in [0.15, 0.2) is 0 Å². The van der Waals surface area contributed by atoms with Crippen LogP contribution in [-0.4, -0.2) is 42.9 Å².